The van der Waals surface area contributed by atoms with Gasteiger partial charge in [-0.1, -0.05) is 15.9 Å². The number of carbonyl (C=O) groups is 3. The number of carbonyl (C=O) groups excluding carboxylic acids is 3. The van der Waals surface area contributed by atoms with Crippen molar-refractivity contribution in [1.29, 1.82) is 0 Å². The van der Waals surface area contributed by atoms with Gasteiger partial charge in [-0.2, -0.15) is 0 Å². The summed E-state index contributed by atoms with van der Waals surface area (Å²) < 4.78 is 5.98. The lowest BCUT2D eigenvalue weighted by Gasteiger charge is -2.16. The zero-order valence-corrected chi connectivity index (χ0v) is 13.5. The summed E-state index contributed by atoms with van der Waals surface area (Å²) in [6.45, 7) is 0. The Morgan fingerprint density at radius 2 is 2.10 bits per heavy atom. The zero-order chi connectivity index (χ0) is 14.9. The van der Waals surface area contributed by atoms with Crippen molar-refractivity contribution in [1.82, 2.24) is 5.32 Å². The molecule has 1 heterocycles. The molecule has 1 aliphatic rings. The molecule has 1 unspecified atom stereocenters. The van der Waals surface area contributed by atoms with E-state index in [1.54, 1.807) is 12.1 Å². The van der Waals surface area contributed by atoms with Crippen LogP contribution in [-0.2, 0) is 14.3 Å². The molecule has 6 nitrogen and oxygen atoms in total. The number of benzene rings is 1. The highest BCUT2D eigenvalue weighted by molar-refractivity contribution is 9.11. The van der Waals surface area contributed by atoms with Gasteiger partial charge in [0, 0.05) is 8.95 Å². The maximum Gasteiger partial charge on any atom is 0.340 e. The molecule has 1 atom stereocenters. The number of halogens is 2. The number of esters is 1. The number of hydrogen-bond donors (Lipinski definition) is 2. The van der Waals surface area contributed by atoms with Crippen LogP contribution in [0.4, 0.5) is 5.69 Å². The molecule has 20 heavy (non-hydrogen) atoms. The highest BCUT2D eigenvalue weighted by Gasteiger charge is 2.32. The van der Waals surface area contributed by atoms with Crippen molar-refractivity contribution in [3.8, 4) is 0 Å². The van der Waals surface area contributed by atoms with Gasteiger partial charge in [0.15, 0.2) is 0 Å². The molecule has 1 saturated heterocycles. The second-order valence-corrected chi connectivity index (χ2v) is 5.89. The van der Waals surface area contributed by atoms with Gasteiger partial charge < -0.3 is 10.1 Å². The van der Waals surface area contributed by atoms with E-state index in [4.69, 9.17) is 4.74 Å². The SMILES string of the molecule is COC(=O)c1cc(Br)cc(Br)c1NC1CC(=O)NC1=O. The number of methoxy groups -OCH3 is 1. The summed E-state index contributed by atoms with van der Waals surface area (Å²) in [6.07, 6.45) is 0.0297. The summed E-state index contributed by atoms with van der Waals surface area (Å²) in [7, 11) is 1.27. The Morgan fingerprint density at radius 1 is 1.40 bits per heavy atom. The van der Waals surface area contributed by atoms with Gasteiger partial charge in [-0.15, -0.1) is 0 Å². The van der Waals surface area contributed by atoms with Crippen LogP contribution in [0.3, 0.4) is 0 Å². The third kappa shape index (κ3) is 3.01. The van der Waals surface area contributed by atoms with Crippen LogP contribution in [0.25, 0.3) is 0 Å². The Labute approximate surface area is 131 Å². The number of anilines is 1. The van der Waals surface area contributed by atoms with Gasteiger partial charge in [0.05, 0.1) is 24.8 Å². The van der Waals surface area contributed by atoms with E-state index in [1.807, 2.05) is 0 Å². The summed E-state index contributed by atoms with van der Waals surface area (Å²) in [5.74, 6) is -1.31. The van der Waals surface area contributed by atoms with Crippen LogP contribution in [0, 0.1) is 0 Å². The monoisotopic (exact) mass is 404 g/mol. The Bertz CT molecular complexity index is 603. The minimum atomic E-state index is -0.705. The van der Waals surface area contributed by atoms with Crippen molar-refractivity contribution >= 4 is 55.3 Å². The van der Waals surface area contributed by atoms with Crippen molar-refractivity contribution in [2.75, 3.05) is 12.4 Å². The van der Waals surface area contributed by atoms with Crippen LogP contribution >= 0.6 is 31.9 Å². The molecule has 8 heteroatoms. The molecule has 2 N–H and O–H groups in total. The van der Waals surface area contributed by atoms with Gasteiger partial charge in [-0.3, -0.25) is 14.9 Å². The van der Waals surface area contributed by atoms with E-state index >= 15 is 0 Å². The number of rotatable bonds is 3. The molecule has 106 valence electrons. The van der Waals surface area contributed by atoms with Gasteiger partial charge >= 0.3 is 5.97 Å². The largest absolute Gasteiger partial charge is 0.465 e. The standard InChI is InChI=1S/C12H10Br2N2O4/c1-20-12(19)6-2-5(13)3-7(14)10(6)15-8-4-9(17)16-11(8)18/h2-3,8,15H,4H2,1H3,(H,16,17,18). The summed E-state index contributed by atoms with van der Waals surface area (Å²) in [4.78, 5) is 34.6. The summed E-state index contributed by atoms with van der Waals surface area (Å²) in [5, 5.41) is 5.10. The molecule has 0 radical (unpaired) electrons. The Hall–Kier alpha value is -1.41. The fourth-order valence-electron chi connectivity index (χ4n) is 1.84. The highest BCUT2D eigenvalue weighted by atomic mass is 79.9. The number of nitrogens with one attached hydrogen (secondary N) is 2. The van der Waals surface area contributed by atoms with Crippen molar-refractivity contribution in [2.45, 2.75) is 12.5 Å². The normalized spacial score (nSPS) is 17.9. The van der Waals surface area contributed by atoms with Crippen LogP contribution in [0.1, 0.15) is 16.8 Å². The highest BCUT2D eigenvalue weighted by Crippen LogP contribution is 2.32. The smallest absolute Gasteiger partial charge is 0.340 e. The minimum Gasteiger partial charge on any atom is -0.465 e. The Morgan fingerprint density at radius 3 is 2.65 bits per heavy atom. The van der Waals surface area contributed by atoms with E-state index in [9.17, 15) is 14.4 Å². The molecular formula is C12H10Br2N2O4. The molecule has 2 rings (SSSR count). The van der Waals surface area contributed by atoms with Crippen LogP contribution in [0.15, 0.2) is 21.1 Å². The fraction of sp³-hybridized carbons (Fsp3) is 0.250. The molecule has 1 fully saturated rings. The molecule has 2 amide bonds. The lowest BCUT2D eigenvalue weighted by atomic mass is 10.1. The average Bonchev–Trinajstić information content (AvgIpc) is 2.69. The summed E-state index contributed by atoms with van der Waals surface area (Å²) in [5.41, 5.74) is 0.677. The summed E-state index contributed by atoms with van der Waals surface area (Å²) >= 11 is 6.60. The molecule has 0 bridgehead atoms. The third-order valence-corrected chi connectivity index (χ3v) is 3.83. The van der Waals surface area contributed by atoms with Crippen LogP contribution < -0.4 is 10.6 Å². The third-order valence-electron chi connectivity index (χ3n) is 2.75. The maximum atomic E-state index is 11.8. The first-order valence-corrected chi connectivity index (χ1v) is 7.18. The van der Waals surface area contributed by atoms with Gasteiger partial charge in [0.25, 0.3) is 0 Å². The topological polar surface area (TPSA) is 84.5 Å². The van der Waals surface area contributed by atoms with Crippen LogP contribution in [-0.4, -0.2) is 30.9 Å². The van der Waals surface area contributed by atoms with Gasteiger partial charge in [0.2, 0.25) is 11.8 Å². The van der Waals surface area contributed by atoms with Gasteiger partial charge in [0.1, 0.15) is 6.04 Å². The number of imide groups is 1. The van der Waals surface area contributed by atoms with E-state index in [-0.39, 0.29) is 17.9 Å². The lowest BCUT2D eigenvalue weighted by Crippen LogP contribution is -2.30. The fourth-order valence-corrected chi connectivity index (χ4v) is 3.18. The molecule has 0 aromatic heterocycles. The summed E-state index contributed by atoms with van der Waals surface area (Å²) in [6, 6.07) is 2.60. The Kier molecular flexibility index (Phi) is 4.44. The van der Waals surface area contributed by atoms with E-state index in [0.29, 0.717) is 14.6 Å². The van der Waals surface area contributed by atoms with Crippen LogP contribution in [0.5, 0.6) is 0 Å². The first kappa shape index (κ1) is 15.0. The van der Waals surface area contributed by atoms with Crippen molar-refractivity contribution in [3.05, 3.63) is 26.6 Å². The van der Waals surface area contributed by atoms with Crippen molar-refractivity contribution in [3.63, 3.8) is 0 Å². The number of ether oxygens (including phenoxy) is 1. The predicted octanol–water partition coefficient (Wildman–Crippen LogP) is 1.83. The molecule has 1 aromatic rings. The molecule has 0 spiro atoms. The number of hydrogen-bond acceptors (Lipinski definition) is 5. The maximum absolute atomic E-state index is 11.8. The molecule has 1 aromatic carbocycles. The van der Waals surface area contributed by atoms with Crippen LogP contribution in [0.2, 0.25) is 0 Å². The van der Waals surface area contributed by atoms with E-state index < -0.39 is 17.9 Å². The molecule has 0 saturated carbocycles. The van der Waals surface area contributed by atoms with E-state index in [1.165, 1.54) is 7.11 Å². The lowest BCUT2D eigenvalue weighted by molar-refractivity contribution is -0.124. The number of amides is 2. The average molecular weight is 406 g/mol. The molecule has 0 aliphatic carbocycles. The van der Waals surface area contributed by atoms with E-state index in [0.717, 1.165) is 0 Å². The van der Waals surface area contributed by atoms with Gasteiger partial charge in [-0.05, 0) is 28.1 Å². The van der Waals surface area contributed by atoms with Crippen molar-refractivity contribution in [2.24, 2.45) is 0 Å². The van der Waals surface area contributed by atoms with Crippen molar-refractivity contribution < 1.29 is 19.1 Å². The zero-order valence-electron chi connectivity index (χ0n) is 10.3. The first-order valence-electron chi connectivity index (χ1n) is 5.60. The Balaban J connectivity index is 2.37. The quantitative estimate of drug-likeness (QED) is 0.591. The second kappa shape index (κ2) is 5.92. The predicted molar refractivity (Wildman–Crippen MR) is 78.4 cm³/mol. The minimum absolute atomic E-state index is 0.0297. The molecular weight excluding hydrogens is 396 g/mol. The van der Waals surface area contributed by atoms with E-state index in [2.05, 4.69) is 42.5 Å². The van der Waals surface area contributed by atoms with Gasteiger partial charge in [-0.25, -0.2) is 4.79 Å². The second-order valence-electron chi connectivity index (χ2n) is 4.12. The first-order chi connectivity index (χ1) is 9.42. The molecule has 1 aliphatic heterocycles.